The average molecular weight is 260 g/mol. The van der Waals surface area contributed by atoms with Crippen LogP contribution in [-0.2, 0) is 14.3 Å². The number of rotatable bonds is 5. The van der Waals surface area contributed by atoms with Crippen LogP contribution in [-0.4, -0.2) is 54.5 Å². The van der Waals surface area contributed by atoms with Crippen LogP contribution < -0.4 is 5.73 Å². The predicted octanol–water partition coefficient (Wildman–Crippen LogP) is 0.0883. The van der Waals surface area contributed by atoms with Crippen LogP contribution in [0.4, 0.5) is 0 Å². The molecule has 6 heteroatoms. The molecule has 0 radical (unpaired) electrons. The van der Waals surface area contributed by atoms with Gasteiger partial charge in [-0.3, -0.25) is 9.59 Å². The van der Waals surface area contributed by atoms with E-state index in [1.807, 2.05) is 6.26 Å². The van der Waals surface area contributed by atoms with E-state index in [0.29, 0.717) is 31.9 Å². The van der Waals surface area contributed by atoms with E-state index in [9.17, 15) is 9.59 Å². The molecule has 0 aliphatic carbocycles. The number of esters is 1. The fourth-order valence-electron chi connectivity index (χ4n) is 1.90. The minimum atomic E-state index is -0.467. The standard InChI is InChI=1S/C11H20N2O3S/c1-3-16-11(15)8-4-5-13(6-8)10(14)9(12)7-17-2/h8-9H,3-7,12H2,1-2H3. The molecule has 1 amide bonds. The van der Waals surface area contributed by atoms with Crippen LogP contribution in [0.2, 0.25) is 0 Å². The number of amides is 1. The average Bonchev–Trinajstić information content (AvgIpc) is 2.78. The number of nitrogens with two attached hydrogens (primary N) is 1. The van der Waals surface area contributed by atoms with Crippen LogP contribution in [0.15, 0.2) is 0 Å². The first-order valence-electron chi connectivity index (χ1n) is 5.80. The third kappa shape index (κ3) is 3.89. The molecule has 2 N–H and O–H groups in total. The smallest absolute Gasteiger partial charge is 0.310 e. The van der Waals surface area contributed by atoms with Gasteiger partial charge in [0.15, 0.2) is 0 Å². The molecule has 2 atom stereocenters. The lowest BCUT2D eigenvalue weighted by Crippen LogP contribution is -2.44. The Morgan fingerprint density at radius 3 is 2.88 bits per heavy atom. The second-order valence-electron chi connectivity index (χ2n) is 4.08. The van der Waals surface area contributed by atoms with Gasteiger partial charge < -0.3 is 15.4 Å². The zero-order valence-electron chi connectivity index (χ0n) is 10.3. The summed E-state index contributed by atoms with van der Waals surface area (Å²) in [5, 5.41) is 0. The Morgan fingerprint density at radius 1 is 1.59 bits per heavy atom. The molecule has 1 saturated heterocycles. The quantitative estimate of drug-likeness (QED) is 0.709. The molecule has 0 aromatic carbocycles. The maximum atomic E-state index is 11.9. The largest absolute Gasteiger partial charge is 0.466 e. The molecule has 5 nitrogen and oxygen atoms in total. The summed E-state index contributed by atoms with van der Waals surface area (Å²) in [6, 6.07) is -0.467. The van der Waals surface area contributed by atoms with Gasteiger partial charge in [-0.25, -0.2) is 0 Å². The van der Waals surface area contributed by atoms with Crippen LogP contribution in [0.1, 0.15) is 13.3 Å². The SMILES string of the molecule is CCOC(=O)C1CCN(C(=O)C(N)CSC)C1. The highest BCUT2D eigenvalue weighted by Gasteiger charge is 2.33. The lowest BCUT2D eigenvalue weighted by molar-refractivity contribution is -0.147. The van der Waals surface area contributed by atoms with E-state index in [1.54, 1.807) is 23.6 Å². The number of ether oxygens (including phenoxy) is 1. The molecule has 2 unspecified atom stereocenters. The van der Waals surface area contributed by atoms with Gasteiger partial charge in [0.2, 0.25) is 5.91 Å². The normalized spacial score (nSPS) is 21.4. The number of thioether (sulfide) groups is 1. The Hall–Kier alpha value is -0.750. The van der Waals surface area contributed by atoms with Crippen molar-refractivity contribution in [1.29, 1.82) is 0 Å². The Balaban J connectivity index is 2.44. The lowest BCUT2D eigenvalue weighted by atomic mass is 10.1. The van der Waals surface area contributed by atoms with Gasteiger partial charge in [0.1, 0.15) is 0 Å². The van der Waals surface area contributed by atoms with E-state index in [1.165, 1.54) is 0 Å². The van der Waals surface area contributed by atoms with E-state index >= 15 is 0 Å². The second-order valence-corrected chi connectivity index (χ2v) is 4.99. The van der Waals surface area contributed by atoms with Crippen molar-refractivity contribution in [2.75, 3.05) is 31.7 Å². The second kappa shape index (κ2) is 6.86. The van der Waals surface area contributed by atoms with Gasteiger partial charge >= 0.3 is 5.97 Å². The maximum Gasteiger partial charge on any atom is 0.310 e. The van der Waals surface area contributed by atoms with Gasteiger partial charge in [-0.15, -0.1) is 0 Å². The van der Waals surface area contributed by atoms with Crippen molar-refractivity contribution >= 4 is 23.6 Å². The third-order valence-corrected chi connectivity index (χ3v) is 3.48. The number of nitrogens with zero attached hydrogens (tertiary/aromatic N) is 1. The van der Waals surface area contributed by atoms with Crippen LogP contribution in [0.3, 0.4) is 0 Å². The minimum Gasteiger partial charge on any atom is -0.466 e. The van der Waals surface area contributed by atoms with Crippen molar-refractivity contribution in [2.24, 2.45) is 11.7 Å². The van der Waals surface area contributed by atoms with Crippen molar-refractivity contribution in [3.05, 3.63) is 0 Å². The van der Waals surface area contributed by atoms with E-state index < -0.39 is 6.04 Å². The zero-order valence-corrected chi connectivity index (χ0v) is 11.2. The zero-order chi connectivity index (χ0) is 12.8. The van der Waals surface area contributed by atoms with Crippen LogP contribution in [0, 0.1) is 5.92 Å². The highest BCUT2D eigenvalue weighted by molar-refractivity contribution is 7.98. The number of hydrogen-bond acceptors (Lipinski definition) is 5. The fourth-order valence-corrected chi connectivity index (χ4v) is 2.40. The van der Waals surface area contributed by atoms with Gasteiger partial charge in [0.25, 0.3) is 0 Å². The van der Waals surface area contributed by atoms with Gasteiger partial charge in [-0.2, -0.15) is 11.8 Å². The van der Waals surface area contributed by atoms with E-state index in [0.717, 1.165) is 0 Å². The van der Waals surface area contributed by atoms with Gasteiger partial charge in [0, 0.05) is 18.8 Å². The van der Waals surface area contributed by atoms with E-state index in [2.05, 4.69) is 0 Å². The number of hydrogen-bond donors (Lipinski definition) is 1. The molecule has 1 heterocycles. The summed E-state index contributed by atoms with van der Waals surface area (Å²) in [5.41, 5.74) is 5.76. The first kappa shape index (κ1) is 14.3. The topological polar surface area (TPSA) is 72.6 Å². The van der Waals surface area contributed by atoms with Crippen molar-refractivity contribution in [3.8, 4) is 0 Å². The fraction of sp³-hybridized carbons (Fsp3) is 0.818. The highest BCUT2D eigenvalue weighted by atomic mass is 32.2. The van der Waals surface area contributed by atoms with E-state index in [-0.39, 0.29) is 17.8 Å². The Bertz CT molecular complexity index is 286. The summed E-state index contributed by atoms with van der Waals surface area (Å²) < 4.78 is 4.95. The van der Waals surface area contributed by atoms with Crippen molar-refractivity contribution in [1.82, 2.24) is 4.90 Å². The Morgan fingerprint density at radius 2 is 2.29 bits per heavy atom. The first-order chi connectivity index (χ1) is 8.10. The summed E-state index contributed by atoms with van der Waals surface area (Å²) in [4.78, 5) is 25.1. The predicted molar refractivity (Wildman–Crippen MR) is 67.7 cm³/mol. The van der Waals surface area contributed by atoms with Gasteiger partial charge in [-0.1, -0.05) is 0 Å². The molecule has 0 spiro atoms. The molecular formula is C11H20N2O3S. The number of likely N-dealkylation sites (tertiary alicyclic amines) is 1. The van der Waals surface area contributed by atoms with Crippen molar-refractivity contribution in [3.63, 3.8) is 0 Å². The Labute approximate surface area is 106 Å². The lowest BCUT2D eigenvalue weighted by Gasteiger charge is -2.20. The van der Waals surface area contributed by atoms with E-state index in [4.69, 9.17) is 10.5 Å². The molecule has 0 saturated carbocycles. The van der Waals surface area contributed by atoms with Gasteiger partial charge in [-0.05, 0) is 19.6 Å². The molecule has 1 aliphatic heterocycles. The highest BCUT2D eigenvalue weighted by Crippen LogP contribution is 2.18. The molecule has 1 rings (SSSR count). The Kier molecular flexibility index (Phi) is 5.77. The minimum absolute atomic E-state index is 0.0638. The summed E-state index contributed by atoms with van der Waals surface area (Å²) >= 11 is 1.55. The summed E-state index contributed by atoms with van der Waals surface area (Å²) in [6.07, 6.45) is 2.59. The first-order valence-corrected chi connectivity index (χ1v) is 7.19. The molecule has 1 aliphatic rings. The van der Waals surface area contributed by atoms with Crippen molar-refractivity contribution < 1.29 is 14.3 Å². The molecule has 1 fully saturated rings. The summed E-state index contributed by atoms with van der Waals surface area (Å²) in [7, 11) is 0. The molecule has 0 aromatic heterocycles. The maximum absolute atomic E-state index is 11.9. The van der Waals surface area contributed by atoms with Gasteiger partial charge in [0.05, 0.1) is 18.6 Å². The summed E-state index contributed by atoms with van der Waals surface area (Å²) in [6.45, 7) is 3.21. The number of carbonyl (C=O) groups is 2. The third-order valence-electron chi connectivity index (χ3n) is 2.78. The van der Waals surface area contributed by atoms with Crippen LogP contribution >= 0.6 is 11.8 Å². The molecule has 0 aromatic rings. The summed E-state index contributed by atoms with van der Waals surface area (Å²) in [5.74, 6) is 0.159. The van der Waals surface area contributed by atoms with Crippen molar-refractivity contribution in [2.45, 2.75) is 19.4 Å². The molecule has 98 valence electrons. The van der Waals surface area contributed by atoms with Crippen LogP contribution in [0.5, 0.6) is 0 Å². The monoisotopic (exact) mass is 260 g/mol. The number of carbonyl (C=O) groups excluding carboxylic acids is 2. The molecule has 17 heavy (non-hydrogen) atoms. The van der Waals surface area contributed by atoms with Crippen LogP contribution in [0.25, 0.3) is 0 Å². The molecule has 0 bridgehead atoms. The molecular weight excluding hydrogens is 240 g/mol.